The van der Waals surface area contributed by atoms with E-state index < -0.39 is 0 Å². The Morgan fingerprint density at radius 3 is 2.45 bits per heavy atom. The summed E-state index contributed by atoms with van der Waals surface area (Å²) < 4.78 is 5.37. The van der Waals surface area contributed by atoms with E-state index in [9.17, 15) is 4.79 Å². The summed E-state index contributed by atoms with van der Waals surface area (Å²) in [5.74, 6) is 0.720. The van der Waals surface area contributed by atoms with Crippen molar-refractivity contribution in [1.82, 2.24) is 0 Å². The first kappa shape index (κ1) is 15.9. The summed E-state index contributed by atoms with van der Waals surface area (Å²) in [5, 5.41) is 6.01. The maximum atomic E-state index is 12.0. The number of amides is 1. The van der Waals surface area contributed by atoms with Crippen LogP contribution in [0.2, 0.25) is 0 Å². The van der Waals surface area contributed by atoms with E-state index in [0.717, 1.165) is 22.7 Å². The second kappa shape index (κ2) is 7.50. The number of carbonyl (C=O) groups excluding carboxylic acids is 1. The van der Waals surface area contributed by atoms with Crippen molar-refractivity contribution in [3.63, 3.8) is 0 Å². The van der Waals surface area contributed by atoms with Crippen molar-refractivity contribution in [2.24, 2.45) is 0 Å². The van der Waals surface area contributed by atoms with Crippen LogP contribution in [0, 0.1) is 13.8 Å². The molecule has 4 nitrogen and oxygen atoms in total. The van der Waals surface area contributed by atoms with Crippen LogP contribution in [-0.4, -0.2) is 19.1 Å². The molecule has 0 aliphatic rings. The molecule has 4 heteroatoms. The number of carbonyl (C=O) groups is 1. The highest BCUT2D eigenvalue weighted by atomic mass is 16.5. The van der Waals surface area contributed by atoms with Crippen LogP contribution in [0.15, 0.2) is 42.5 Å². The molecule has 0 atom stereocenters. The van der Waals surface area contributed by atoms with Crippen LogP contribution < -0.4 is 15.4 Å². The Hall–Kier alpha value is -2.49. The molecule has 116 valence electrons. The van der Waals surface area contributed by atoms with Gasteiger partial charge in [0.2, 0.25) is 5.91 Å². The molecule has 0 heterocycles. The van der Waals surface area contributed by atoms with E-state index in [2.05, 4.69) is 23.6 Å². The van der Waals surface area contributed by atoms with Gasteiger partial charge in [0.15, 0.2) is 0 Å². The molecule has 2 aromatic carbocycles. The third-order valence-corrected chi connectivity index (χ3v) is 3.27. The summed E-state index contributed by atoms with van der Waals surface area (Å²) in [7, 11) is 0. The molecule has 0 fully saturated rings. The van der Waals surface area contributed by atoms with Crippen molar-refractivity contribution in [3.05, 3.63) is 53.6 Å². The number of hydrogen-bond donors (Lipinski definition) is 2. The van der Waals surface area contributed by atoms with Gasteiger partial charge in [-0.1, -0.05) is 17.7 Å². The van der Waals surface area contributed by atoms with E-state index in [4.69, 9.17) is 4.74 Å². The molecule has 2 rings (SSSR count). The quantitative estimate of drug-likeness (QED) is 0.854. The minimum absolute atomic E-state index is 0.0795. The SMILES string of the molecule is CCOc1ccc(NC(=O)CNc2ccc(C)cc2C)cc1. The van der Waals surface area contributed by atoms with Gasteiger partial charge >= 0.3 is 0 Å². The molecule has 22 heavy (non-hydrogen) atoms. The van der Waals surface area contributed by atoms with Crippen LogP contribution in [0.1, 0.15) is 18.1 Å². The van der Waals surface area contributed by atoms with E-state index in [1.165, 1.54) is 5.56 Å². The number of nitrogens with one attached hydrogen (secondary N) is 2. The summed E-state index contributed by atoms with van der Waals surface area (Å²) in [6.07, 6.45) is 0. The lowest BCUT2D eigenvalue weighted by molar-refractivity contribution is -0.114. The average Bonchev–Trinajstić information content (AvgIpc) is 2.49. The zero-order valence-corrected chi connectivity index (χ0v) is 13.3. The molecule has 0 aromatic heterocycles. The first-order valence-corrected chi connectivity index (χ1v) is 7.42. The number of benzene rings is 2. The van der Waals surface area contributed by atoms with Gasteiger partial charge < -0.3 is 15.4 Å². The van der Waals surface area contributed by atoms with E-state index in [0.29, 0.717) is 6.61 Å². The molecule has 2 aromatic rings. The molecule has 0 saturated carbocycles. The Morgan fingerprint density at radius 2 is 1.82 bits per heavy atom. The molecule has 0 saturated heterocycles. The van der Waals surface area contributed by atoms with Crippen LogP contribution in [0.3, 0.4) is 0 Å². The lowest BCUT2D eigenvalue weighted by atomic mass is 10.1. The Bertz CT molecular complexity index is 636. The van der Waals surface area contributed by atoms with E-state index in [1.54, 1.807) is 0 Å². The zero-order chi connectivity index (χ0) is 15.9. The standard InChI is InChI=1S/C18H22N2O2/c1-4-22-16-8-6-15(7-9-16)20-18(21)12-19-17-10-5-13(2)11-14(17)3/h5-11,19H,4,12H2,1-3H3,(H,20,21). The maximum Gasteiger partial charge on any atom is 0.243 e. The lowest BCUT2D eigenvalue weighted by Gasteiger charge is -2.11. The fourth-order valence-corrected chi connectivity index (χ4v) is 2.19. The fraction of sp³-hybridized carbons (Fsp3) is 0.278. The summed E-state index contributed by atoms with van der Waals surface area (Å²) in [4.78, 5) is 12.0. The van der Waals surface area contributed by atoms with Crippen molar-refractivity contribution in [1.29, 1.82) is 0 Å². The summed E-state index contributed by atoms with van der Waals surface area (Å²) in [6, 6.07) is 13.5. The summed E-state index contributed by atoms with van der Waals surface area (Å²) >= 11 is 0. The number of hydrogen-bond acceptors (Lipinski definition) is 3. The van der Waals surface area contributed by atoms with E-state index in [-0.39, 0.29) is 12.5 Å². The van der Waals surface area contributed by atoms with Crippen molar-refractivity contribution in [2.75, 3.05) is 23.8 Å². The average molecular weight is 298 g/mol. The Kier molecular flexibility index (Phi) is 5.42. The van der Waals surface area contributed by atoms with Crippen LogP contribution in [0.25, 0.3) is 0 Å². The van der Waals surface area contributed by atoms with Gasteiger partial charge in [-0.25, -0.2) is 0 Å². The van der Waals surface area contributed by atoms with E-state index >= 15 is 0 Å². The van der Waals surface area contributed by atoms with E-state index in [1.807, 2.05) is 50.2 Å². The first-order chi connectivity index (χ1) is 10.6. The highest BCUT2D eigenvalue weighted by Crippen LogP contribution is 2.17. The predicted octanol–water partition coefficient (Wildman–Crippen LogP) is 3.75. The molecule has 0 spiro atoms. The number of aryl methyl sites for hydroxylation is 2. The molecular formula is C18H22N2O2. The second-order valence-electron chi connectivity index (χ2n) is 5.18. The first-order valence-electron chi connectivity index (χ1n) is 7.42. The molecule has 1 amide bonds. The highest BCUT2D eigenvalue weighted by Gasteiger charge is 2.04. The number of anilines is 2. The number of ether oxygens (including phenoxy) is 1. The van der Waals surface area contributed by atoms with Crippen molar-refractivity contribution >= 4 is 17.3 Å². The van der Waals surface area contributed by atoms with Gasteiger partial charge in [-0.05, 0) is 56.7 Å². The zero-order valence-electron chi connectivity index (χ0n) is 13.3. The highest BCUT2D eigenvalue weighted by molar-refractivity contribution is 5.93. The second-order valence-corrected chi connectivity index (χ2v) is 5.18. The fourth-order valence-electron chi connectivity index (χ4n) is 2.19. The van der Waals surface area contributed by atoms with Crippen LogP contribution in [0.4, 0.5) is 11.4 Å². The topological polar surface area (TPSA) is 50.4 Å². The van der Waals surface area contributed by atoms with Crippen LogP contribution in [0.5, 0.6) is 5.75 Å². The van der Waals surface area contributed by atoms with Crippen molar-refractivity contribution in [3.8, 4) is 5.75 Å². The molecular weight excluding hydrogens is 276 g/mol. The van der Waals surface area contributed by atoms with Crippen molar-refractivity contribution in [2.45, 2.75) is 20.8 Å². The van der Waals surface area contributed by atoms with Gasteiger partial charge in [-0.3, -0.25) is 4.79 Å². The monoisotopic (exact) mass is 298 g/mol. The third-order valence-electron chi connectivity index (χ3n) is 3.27. The Labute approximate surface area is 131 Å². The van der Waals surface area contributed by atoms with Crippen molar-refractivity contribution < 1.29 is 9.53 Å². The van der Waals surface area contributed by atoms with Gasteiger partial charge in [0, 0.05) is 11.4 Å². The summed E-state index contributed by atoms with van der Waals surface area (Å²) in [6.45, 7) is 6.88. The maximum absolute atomic E-state index is 12.0. The molecule has 0 radical (unpaired) electrons. The Morgan fingerprint density at radius 1 is 1.09 bits per heavy atom. The van der Waals surface area contributed by atoms with Gasteiger partial charge in [-0.15, -0.1) is 0 Å². The number of rotatable bonds is 6. The van der Waals surface area contributed by atoms with Gasteiger partial charge in [0.25, 0.3) is 0 Å². The smallest absolute Gasteiger partial charge is 0.243 e. The third kappa shape index (κ3) is 4.52. The predicted molar refractivity (Wildman–Crippen MR) is 90.6 cm³/mol. The molecule has 0 bridgehead atoms. The largest absolute Gasteiger partial charge is 0.494 e. The molecule has 0 unspecified atom stereocenters. The molecule has 2 N–H and O–H groups in total. The van der Waals surface area contributed by atoms with Crippen LogP contribution >= 0.6 is 0 Å². The summed E-state index contributed by atoms with van der Waals surface area (Å²) in [5.41, 5.74) is 4.08. The Balaban J connectivity index is 1.87. The minimum atomic E-state index is -0.0795. The van der Waals surface area contributed by atoms with Crippen LogP contribution in [-0.2, 0) is 4.79 Å². The normalized spacial score (nSPS) is 10.1. The lowest BCUT2D eigenvalue weighted by Crippen LogP contribution is -2.22. The van der Waals surface area contributed by atoms with Gasteiger partial charge in [0.1, 0.15) is 5.75 Å². The van der Waals surface area contributed by atoms with Gasteiger partial charge in [-0.2, -0.15) is 0 Å². The molecule has 0 aliphatic heterocycles. The minimum Gasteiger partial charge on any atom is -0.494 e. The van der Waals surface area contributed by atoms with Gasteiger partial charge in [0.05, 0.1) is 13.2 Å². The molecule has 0 aliphatic carbocycles.